The van der Waals surface area contributed by atoms with E-state index in [4.69, 9.17) is 0 Å². The Balaban J connectivity index is 1.50. The third-order valence-corrected chi connectivity index (χ3v) is 13.6. The molecule has 6 nitrogen and oxygen atoms in total. The zero-order valence-corrected chi connectivity index (χ0v) is 25.2. The Morgan fingerprint density at radius 2 is 1.65 bits per heavy atom. The Morgan fingerprint density at radius 1 is 1.00 bits per heavy atom. The van der Waals surface area contributed by atoms with E-state index in [0.29, 0.717) is 31.4 Å². The van der Waals surface area contributed by atoms with Crippen molar-refractivity contribution in [3.05, 3.63) is 59.7 Å². The summed E-state index contributed by atoms with van der Waals surface area (Å²) in [7, 11) is -3.48. The molecule has 0 aromatic heterocycles. The minimum atomic E-state index is -3.48. The summed E-state index contributed by atoms with van der Waals surface area (Å²) in [6, 6.07) is 9.49. The largest absolute Gasteiger partial charge is 0.393 e. The molecule has 7 heteroatoms. The predicted octanol–water partition coefficient (Wildman–Crippen LogP) is 5.13. The first-order chi connectivity index (χ1) is 18.8. The molecule has 0 heterocycles. The first-order valence-electron chi connectivity index (χ1n) is 15.2. The maximum Gasteiger partial charge on any atom is 0.211 e. The monoisotopic (exact) mass is 567 g/mol. The van der Waals surface area contributed by atoms with Gasteiger partial charge in [0.1, 0.15) is 0 Å². The average Bonchev–Trinajstić information content (AvgIpc) is 3.18. The highest BCUT2D eigenvalue weighted by molar-refractivity contribution is 7.88. The van der Waals surface area contributed by atoms with Gasteiger partial charge in [-0.1, -0.05) is 69.3 Å². The fourth-order valence-corrected chi connectivity index (χ4v) is 11.2. The van der Waals surface area contributed by atoms with Crippen molar-refractivity contribution in [1.82, 2.24) is 4.31 Å². The molecule has 218 valence electrons. The highest BCUT2D eigenvalue weighted by atomic mass is 32.2. The number of carbonyl (C=O) groups excluding carboxylic acids is 1. The van der Waals surface area contributed by atoms with Crippen molar-refractivity contribution in [1.29, 1.82) is 0 Å². The molecule has 40 heavy (non-hydrogen) atoms. The summed E-state index contributed by atoms with van der Waals surface area (Å²) in [6.45, 7) is 6.97. The molecule has 7 rings (SSSR count). The van der Waals surface area contributed by atoms with E-state index in [1.165, 1.54) is 10.6 Å². The Kier molecular flexibility index (Phi) is 6.44. The van der Waals surface area contributed by atoms with Gasteiger partial charge in [-0.25, -0.2) is 8.42 Å². The van der Waals surface area contributed by atoms with Gasteiger partial charge < -0.3 is 10.2 Å². The van der Waals surface area contributed by atoms with Crippen LogP contribution >= 0.6 is 0 Å². The Morgan fingerprint density at radius 3 is 2.33 bits per heavy atom. The first kappa shape index (κ1) is 28.3. The van der Waals surface area contributed by atoms with E-state index in [1.807, 2.05) is 37.3 Å². The van der Waals surface area contributed by atoms with Gasteiger partial charge in [-0.15, -0.1) is 0 Å². The number of hydrogen-bond acceptors (Lipinski definition) is 5. The summed E-state index contributed by atoms with van der Waals surface area (Å²) in [5.74, 6) is 0.260. The average molecular weight is 568 g/mol. The second-order valence-electron chi connectivity index (χ2n) is 14.1. The van der Waals surface area contributed by atoms with Gasteiger partial charge in [0.15, 0.2) is 5.78 Å². The van der Waals surface area contributed by atoms with E-state index in [9.17, 15) is 23.4 Å². The van der Waals surface area contributed by atoms with Crippen molar-refractivity contribution >= 4 is 15.8 Å². The molecule has 0 radical (unpaired) electrons. The topological polar surface area (TPSA) is 94.9 Å². The normalized spacial score (nSPS) is 43.7. The molecule has 2 bridgehead atoms. The maximum absolute atomic E-state index is 14.4. The molecule has 0 aliphatic heterocycles. The number of aliphatic hydroxyl groups is 2. The van der Waals surface area contributed by atoms with Crippen LogP contribution in [0.15, 0.2) is 54.1 Å². The molecule has 8 atom stereocenters. The van der Waals surface area contributed by atoms with Crippen molar-refractivity contribution in [2.24, 2.45) is 33.5 Å². The van der Waals surface area contributed by atoms with Gasteiger partial charge in [-0.3, -0.25) is 4.79 Å². The van der Waals surface area contributed by atoms with Crippen molar-refractivity contribution < 1.29 is 23.4 Å². The van der Waals surface area contributed by atoms with Crippen LogP contribution < -0.4 is 0 Å². The predicted molar refractivity (Wildman–Crippen MR) is 156 cm³/mol. The summed E-state index contributed by atoms with van der Waals surface area (Å²) in [5.41, 5.74) is -1.24. The van der Waals surface area contributed by atoms with Crippen LogP contribution in [0.2, 0.25) is 0 Å². The van der Waals surface area contributed by atoms with Gasteiger partial charge >= 0.3 is 0 Å². The van der Waals surface area contributed by atoms with Crippen LogP contribution in [0.1, 0.15) is 82.5 Å². The SMILES string of the molecule is CCCN(C[C@]1(O)CC[C@H]2[C@]34C=C[C@@]5(C=C3C(=O)c3ccccc3)CC(O)CC[C@]5(C)[C@H]4CC[C@@]21C)S(C)(=O)=O. The van der Waals surface area contributed by atoms with Gasteiger partial charge in [-0.05, 0) is 68.6 Å². The number of carbonyl (C=O) groups is 1. The van der Waals surface area contributed by atoms with Crippen LogP contribution in [0.5, 0.6) is 0 Å². The van der Waals surface area contributed by atoms with Gasteiger partial charge in [-0.2, -0.15) is 4.31 Å². The van der Waals surface area contributed by atoms with Crippen LogP contribution in [0.3, 0.4) is 0 Å². The van der Waals surface area contributed by atoms with E-state index in [1.54, 1.807) is 0 Å². The zero-order valence-electron chi connectivity index (χ0n) is 24.4. The third-order valence-electron chi connectivity index (χ3n) is 12.4. The van der Waals surface area contributed by atoms with E-state index < -0.39 is 32.6 Å². The van der Waals surface area contributed by atoms with Crippen LogP contribution in [-0.4, -0.2) is 59.8 Å². The molecule has 6 aliphatic rings. The molecule has 6 aliphatic carbocycles. The number of ketones is 1. The molecule has 1 unspecified atom stereocenters. The van der Waals surface area contributed by atoms with Crippen LogP contribution in [0.4, 0.5) is 0 Å². The second kappa shape index (κ2) is 9.10. The van der Waals surface area contributed by atoms with Gasteiger partial charge in [0.25, 0.3) is 0 Å². The Bertz CT molecular complexity index is 1370. The van der Waals surface area contributed by atoms with Gasteiger partial charge in [0.05, 0.1) is 18.0 Å². The fraction of sp³-hybridized carbons (Fsp3) is 0.667. The summed E-state index contributed by atoms with van der Waals surface area (Å²) < 4.78 is 26.9. The highest BCUT2D eigenvalue weighted by Crippen LogP contribution is 2.78. The number of hydrogen-bond donors (Lipinski definition) is 2. The van der Waals surface area contributed by atoms with E-state index in [-0.39, 0.29) is 35.0 Å². The summed E-state index contributed by atoms with van der Waals surface area (Å²) in [4.78, 5) is 14.4. The summed E-state index contributed by atoms with van der Waals surface area (Å²) in [5, 5.41) is 23.3. The van der Waals surface area contributed by atoms with Crippen LogP contribution in [0, 0.1) is 33.5 Å². The number of Topliss-reactive ketones (excluding diaryl/α,β-unsaturated/α-hetero) is 1. The molecule has 3 fully saturated rings. The number of benzene rings is 1. The smallest absolute Gasteiger partial charge is 0.211 e. The zero-order chi connectivity index (χ0) is 28.8. The number of rotatable bonds is 7. The first-order valence-corrected chi connectivity index (χ1v) is 17.0. The maximum atomic E-state index is 14.4. The molecular formula is C33H45NO5S. The lowest BCUT2D eigenvalue weighted by Crippen LogP contribution is -2.67. The number of allylic oxidation sites excluding steroid dienone is 4. The van der Waals surface area contributed by atoms with E-state index >= 15 is 0 Å². The second-order valence-corrected chi connectivity index (χ2v) is 16.1. The Labute approximate surface area is 239 Å². The molecule has 2 spiro atoms. The molecule has 0 amide bonds. The van der Waals surface area contributed by atoms with Crippen molar-refractivity contribution in [3.8, 4) is 0 Å². The lowest BCUT2D eigenvalue weighted by Gasteiger charge is -2.71. The van der Waals surface area contributed by atoms with Gasteiger partial charge in [0.2, 0.25) is 10.0 Å². The molecule has 2 N–H and O–H groups in total. The van der Waals surface area contributed by atoms with E-state index in [2.05, 4.69) is 32.1 Å². The Hall–Kier alpha value is -1.80. The molecule has 1 aromatic rings. The summed E-state index contributed by atoms with van der Waals surface area (Å²) >= 11 is 0. The lowest BCUT2D eigenvalue weighted by atomic mass is 9.32. The molecule has 3 saturated carbocycles. The van der Waals surface area contributed by atoms with Crippen LogP contribution in [-0.2, 0) is 10.0 Å². The molecular weight excluding hydrogens is 522 g/mol. The van der Waals surface area contributed by atoms with Crippen molar-refractivity contribution in [3.63, 3.8) is 0 Å². The quantitative estimate of drug-likeness (QED) is 0.352. The minimum absolute atomic E-state index is 0.00363. The highest BCUT2D eigenvalue weighted by Gasteiger charge is 2.74. The number of fused-ring (bicyclic) bond motifs is 1. The van der Waals surface area contributed by atoms with Crippen molar-refractivity contribution in [2.45, 2.75) is 83.8 Å². The summed E-state index contributed by atoms with van der Waals surface area (Å²) in [6.07, 6.45) is 13.6. The third kappa shape index (κ3) is 3.63. The fourth-order valence-electron chi connectivity index (χ4n) is 10.2. The lowest BCUT2D eigenvalue weighted by molar-refractivity contribution is -0.173. The number of nitrogens with zero attached hydrogens (tertiary/aromatic N) is 1. The number of sulfonamides is 1. The standard InChI is InChI=1S/C33H45NO5S/c1-5-19-34(40(4,38)39)22-32(37)16-13-27-30(32,3)15-12-26-29(2)14-11-24(35)20-31(29)17-18-33(26,27)25(21-31)28(36)23-9-7-6-8-10-23/h6-10,17-18,21,24,26-27,35,37H,5,11-16,19-20,22H2,1-4H3/t24?,26-,27-,29-,30+,31+,32-,33-/m1/s1. The molecule has 0 saturated heterocycles. The van der Waals surface area contributed by atoms with E-state index in [0.717, 1.165) is 37.7 Å². The minimum Gasteiger partial charge on any atom is -0.393 e. The number of aliphatic hydroxyl groups excluding tert-OH is 1. The van der Waals surface area contributed by atoms with Crippen molar-refractivity contribution in [2.75, 3.05) is 19.3 Å². The van der Waals surface area contributed by atoms with Crippen LogP contribution in [0.25, 0.3) is 0 Å². The van der Waals surface area contributed by atoms with Gasteiger partial charge in [0, 0.05) is 40.5 Å². The molecule has 1 aromatic carbocycles.